The molecular weight excluding hydrogens is 280 g/mol. The van der Waals surface area contributed by atoms with Crippen LogP contribution in [0, 0.1) is 5.92 Å². The van der Waals surface area contributed by atoms with Gasteiger partial charge in [-0.3, -0.25) is 4.79 Å². The zero-order chi connectivity index (χ0) is 15.3. The average Bonchev–Trinajstić information content (AvgIpc) is 2.74. The summed E-state index contributed by atoms with van der Waals surface area (Å²) in [6.45, 7) is 6.26. The number of sulfonamides is 1. The normalized spacial score (nSPS) is 13.4. The number of hydrogen-bond acceptors (Lipinski definition) is 4. The molecule has 1 amide bonds. The minimum Gasteiger partial charge on any atom is -0.311 e. The number of hydrogen-bond donors (Lipinski definition) is 2. The quantitative estimate of drug-likeness (QED) is 0.785. The van der Waals surface area contributed by atoms with E-state index in [0.29, 0.717) is 11.7 Å². The third kappa shape index (κ3) is 5.30. The van der Waals surface area contributed by atoms with Gasteiger partial charge in [-0.25, -0.2) is 17.8 Å². The number of nitrogens with one attached hydrogen (secondary N) is 2. The second-order valence-electron chi connectivity index (χ2n) is 5.11. The van der Waals surface area contributed by atoms with Gasteiger partial charge in [0.15, 0.2) is 0 Å². The van der Waals surface area contributed by atoms with Gasteiger partial charge in [0.05, 0.1) is 18.5 Å². The predicted octanol–water partition coefficient (Wildman–Crippen LogP) is 0.978. The molecule has 0 fully saturated rings. The summed E-state index contributed by atoms with van der Waals surface area (Å²) in [6.07, 6.45) is 2.77. The van der Waals surface area contributed by atoms with Crippen LogP contribution in [-0.2, 0) is 14.8 Å². The molecule has 0 saturated carbocycles. The number of nitrogens with zero attached hydrogens (tertiary/aromatic N) is 2. The van der Waals surface area contributed by atoms with Gasteiger partial charge in [-0.2, -0.15) is 5.10 Å². The maximum atomic E-state index is 11.8. The second kappa shape index (κ2) is 6.85. The number of aromatic nitrogens is 2. The third-order valence-corrected chi connectivity index (χ3v) is 3.73. The Kier molecular flexibility index (Phi) is 5.70. The van der Waals surface area contributed by atoms with Gasteiger partial charge in [-0.1, -0.05) is 13.8 Å². The molecule has 0 radical (unpaired) electrons. The van der Waals surface area contributed by atoms with Crippen LogP contribution in [0.15, 0.2) is 12.3 Å². The fourth-order valence-electron chi connectivity index (χ4n) is 1.58. The first-order chi connectivity index (χ1) is 9.20. The summed E-state index contributed by atoms with van der Waals surface area (Å²) >= 11 is 0. The molecule has 114 valence electrons. The Balaban J connectivity index is 2.57. The molecule has 0 saturated heterocycles. The van der Waals surface area contributed by atoms with Crippen molar-refractivity contribution in [3.05, 3.63) is 12.3 Å². The monoisotopic (exact) mass is 302 g/mol. The Morgan fingerprint density at radius 1 is 1.40 bits per heavy atom. The van der Waals surface area contributed by atoms with E-state index in [2.05, 4.69) is 29.0 Å². The van der Waals surface area contributed by atoms with Gasteiger partial charge in [0.2, 0.25) is 15.9 Å². The Morgan fingerprint density at radius 3 is 2.60 bits per heavy atom. The number of carbonyl (C=O) groups is 1. The van der Waals surface area contributed by atoms with Crippen molar-refractivity contribution in [2.75, 3.05) is 18.1 Å². The van der Waals surface area contributed by atoms with Crippen molar-refractivity contribution in [3.8, 4) is 0 Å². The fourth-order valence-corrected chi connectivity index (χ4v) is 2.05. The van der Waals surface area contributed by atoms with Crippen LogP contribution < -0.4 is 10.0 Å². The summed E-state index contributed by atoms with van der Waals surface area (Å²) < 4.78 is 25.8. The van der Waals surface area contributed by atoms with E-state index in [-0.39, 0.29) is 24.9 Å². The van der Waals surface area contributed by atoms with Crippen LogP contribution in [0.1, 0.15) is 33.2 Å². The van der Waals surface area contributed by atoms with Crippen LogP contribution >= 0.6 is 0 Å². The van der Waals surface area contributed by atoms with E-state index in [1.165, 1.54) is 0 Å². The van der Waals surface area contributed by atoms with Crippen LogP contribution in [0.5, 0.6) is 0 Å². The Bertz CT molecular complexity index is 551. The number of rotatable bonds is 7. The minimum atomic E-state index is -3.26. The summed E-state index contributed by atoms with van der Waals surface area (Å²) in [4.78, 5) is 11.8. The molecule has 0 aliphatic carbocycles. The largest absolute Gasteiger partial charge is 0.311 e. The minimum absolute atomic E-state index is 0.0777. The second-order valence-corrected chi connectivity index (χ2v) is 6.94. The lowest BCUT2D eigenvalue weighted by Gasteiger charge is -2.19. The Morgan fingerprint density at radius 2 is 2.05 bits per heavy atom. The highest BCUT2D eigenvalue weighted by atomic mass is 32.2. The van der Waals surface area contributed by atoms with Crippen molar-refractivity contribution in [1.82, 2.24) is 14.5 Å². The number of amides is 1. The first-order valence-electron chi connectivity index (χ1n) is 6.48. The fraction of sp³-hybridized carbons (Fsp3) is 0.667. The zero-order valence-corrected chi connectivity index (χ0v) is 13.1. The van der Waals surface area contributed by atoms with E-state index in [1.807, 2.05) is 6.92 Å². The first-order valence-corrected chi connectivity index (χ1v) is 8.38. The lowest BCUT2D eigenvalue weighted by Crippen LogP contribution is -2.27. The van der Waals surface area contributed by atoms with Gasteiger partial charge in [-0.05, 0) is 12.8 Å². The summed E-state index contributed by atoms with van der Waals surface area (Å²) in [5.74, 6) is 0.756. The average molecular weight is 302 g/mol. The molecular formula is C12H22N4O3S. The van der Waals surface area contributed by atoms with E-state index in [9.17, 15) is 13.2 Å². The van der Waals surface area contributed by atoms with Crippen molar-refractivity contribution >= 4 is 21.7 Å². The van der Waals surface area contributed by atoms with E-state index < -0.39 is 10.0 Å². The summed E-state index contributed by atoms with van der Waals surface area (Å²) in [5.41, 5.74) is 0. The van der Waals surface area contributed by atoms with Gasteiger partial charge in [0.25, 0.3) is 0 Å². The molecule has 0 unspecified atom stereocenters. The highest BCUT2D eigenvalue weighted by molar-refractivity contribution is 7.88. The van der Waals surface area contributed by atoms with Gasteiger partial charge < -0.3 is 5.32 Å². The molecule has 1 heterocycles. The maximum absolute atomic E-state index is 11.8. The zero-order valence-electron chi connectivity index (χ0n) is 12.3. The SMILES string of the molecule is CC(C)[C@H](C)n1nccc1NC(=O)CCNS(C)(=O)=O. The van der Waals surface area contributed by atoms with Crippen molar-refractivity contribution in [2.45, 2.75) is 33.2 Å². The summed E-state index contributed by atoms with van der Waals surface area (Å²) in [5, 5.41) is 6.94. The van der Waals surface area contributed by atoms with Gasteiger partial charge in [0, 0.05) is 19.0 Å². The Hall–Kier alpha value is -1.41. The van der Waals surface area contributed by atoms with Crippen LogP contribution in [-0.4, -0.2) is 36.9 Å². The molecule has 2 N–H and O–H groups in total. The van der Waals surface area contributed by atoms with E-state index in [1.54, 1.807) is 16.9 Å². The lowest BCUT2D eigenvalue weighted by molar-refractivity contribution is -0.116. The van der Waals surface area contributed by atoms with Crippen LogP contribution in [0.3, 0.4) is 0 Å². The van der Waals surface area contributed by atoms with Gasteiger partial charge >= 0.3 is 0 Å². The number of carbonyl (C=O) groups excluding carboxylic acids is 1. The van der Waals surface area contributed by atoms with Crippen LogP contribution in [0.4, 0.5) is 5.82 Å². The highest BCUT2D eigenvalue weighted by Gasteiger charge is 2.15. The standard InChI is InChI=1S/C12H22N4O3S/c1-9(2)10(3)16-11(5-7-13-16)15-12(17)6-8-14-20(4,18)19/h5,7,9-10,14H,6,8H2,1-4H3,(H,15,17)/t10-/m0/s1. The molecule has 0 aromatic carbocycles. The molecule has 1 aromatic rings. The van der Waals surface area contributed by atoms with Gasteiger partial charge in [-0.15, -0.1) is 0 Å². The van der Waals surface area contributed by atoms with Gasteiger partial charge in [0.1, 0.15) is 5.82 Å². The molecule has 0 bridgehead atoms. The maximum Gasteiger partial charge on any atom is 0.226 e. The highest BCUT2D eigenvalue weighted by Crippen LogP contribution is 2.20. The van der Waals surface area contributed by atoms with Crippen LogP contribution in [0.2, 0.25) is 0 Å². The van der Waals surface area contributed by atoms with Crippen molar-refractivity contribution in [2.24, 2.45) is 5.92 Å². The van der Waals surface area contributed by atoms with E-state index in [4.69, 9.17) is 0 Å². The molecule has 0 aliphatic heterocycles. The smallest absolute Gasteiger partial charge is 0.226 e. The van der Waals surface area contributed by atoms with Crippen LogP contribution in [0.25, 0.3) is 0 Å². The molecule has 7 nitrogen and oxygen atoms in total. The number of anilines is 1. The molecule has 20 heavy (non-hydrogen) atoms. The molecule has 1 atom stereocenters. The summed E-state index contributed by atoms with van der Waals surface area (Å²) in [6, 6.07) is 1.88. The van der Waals surface area contributed by atoms with E-state index >= 15 is 0 Å². The predicted molar refractivity (Wildman–Crippen MR) is 77.9 cm³/mol. The Labute approximate surface area is 119 Å². The van der Waals surface area contributed by atoms with E-state index in [0.717, 1.165) is 6.26 Å². The molecule has 0 aliphatic rings. The molecule has 1 aromatic heterocycles. The van der Waals surface area contributed by atoms with Crippen molar-refractivity contribution in [3.63, 3.8) is 0 Å². The topological polar surface area (TPSA) is 93.1 Å². The third-order valence-electron chi connectivity index (χ3n) is 3.00. The van der Waals surface area contributed by atoms with Crippen molar-refractivity contribution in [1.29, 1.82) is 0 Å². The summed E-state index contributed by atoms with van der Waals surface area (Å²) in [7, 11) is -3.26. The molecule has 1 rings (SSSR count). The lowest BCUT2D eigenvalue weighted by atomic mass is 10.1. The molecule has 0 spiro atoms. The molecule has 8 heteroatoms. The first kappa shape index (κ1) is 16.6. The van der Waals surface area contributed by atoms with Crippen molar-refractivity contribution < 1.29 is 13.2 Å².